The van der Waals surface area contributed by atoms with Crippen molar-refractivity contribution < 1.29 is 9.59 Å². The molecule has 0 bridgehead atoms. The van der Waals surface area contributed by atoms with Gasteiger partial charge in [-0.2, -0.15) is 0 Å². The molecule has 27 heavy (non-hydrogen) atoms. The molecule has 0 fully saturated rings. The Balaban J connectivity index is 1.82. The number of carbonyl (C=O) groups excluding carboxylic acids is 2. The fourth-order valence-electron chi connectivity index (χ4n) is 2.30. The minimum Gasteiger partial charge on any atom is -0.383 e. The normalized spacial score (nSPS) is 9.96. The summed E-state index contributed by atoms with van der Waals surface area (Å²) in [7, 11) is 1.74. The topological polar surface area (TPSA) is 129 Å². The number of benzene rings is 1. The predicted octanol–water partition coefficient (Wildman–Crippen LogP) is 1.15. The van der Waals surface area contributed by atoms with E-state index in [4.69, 9.17) is 11.5 Å². The highest BCUT2D eigenvalue weighted by molar-refractivity contribution is 6.01. The molecule has 0 aliphatic heterocycles. The molecule has 0 radical (unpaired) electrons. The summed E-state index contributed by atoms with van der Waals surface area (Å²) < 4.78 is 1.63. The van der Waals surface area contributed by atoms with Crippen LogP contribution in [0, 0.1) is 11.8 Å². The minimum absolute atomic E-state index is 0.201. The maximum atomic E-state index is 12.2. The molecule has 0 saturated carbocycles. The number of carbonyl (C=O) groups is 2. The molecular formula is C19H16N6O2. The summed E-state index contributed by atoms with van der Waals surface area (Å²) in [6.07, 6.45) is 4.54. The lowest BCUT2D eigenvalue weighted by Crippen LogP contribution is -2.16. The van der Waals surface area contributed by atoms with Crippen molar-refractivity contribution in [2.75, 3.05) is 11.1 Å². The van der Waals surface area contributed by atoms with Crippen LogP contribution in [-0.4, -0.2) is 26.3 Å². The molecule has 2 aromatic heterocycles. The van der Waals surface area contributed by atoms with Crippen LogP contribution < -0.4 is 16.8 Å². The molecule has 0 unspecified atom stereocenters. The van der Waals surface area contributed by atoms with E-state index in [1.807, 2.05) is 0 Å². The summed E-state index contributed by atoms with van der Waals surface area (Å²) in [6, 6.07) is 8.50. The zero-order chi connectivity index (χ0) is 19.4. The van der Waals surface area contributed by atoms with Crippen LogP contribution >= 0.6 is 0 Å². The van der Waals surface area contributed by atoms with Gasteiger partial charge in [0.1, 0.15) is 5.82 Å². The molecule has 2 heterocycles. The van der Waals surface area contributed by atoms with E-state index in [0.29, 0.717) is 22.6 Å². The summed E-state index contributed by atoms with van der Waals surface area (Å²) in [4.78, 5) is 31.4. The molecule has 1 aromatic carbocycles. The number of imidazole rings is 1. The van der Waals surface area contributed by atoms with Crippen LogP contribution in [0.4, 0.5) is 11.5 Å². The molecule has 5 N–H and O–H groups in total. The molecule has 8 heteroatoms. The molecule has 8 nitrogen and oxygen atoms in total. The Hall–Kier alpha value is -4.12. The first kappa shape index (κ1) is 17.7. The zero-order valence-electron chi connectivity index (χ0n) is 14.4. The van der Waals surface area contributed by atoms with E-state index in [9.17, 15) is 9.59 Å². The smallest absolute Gasteiger partial charge is 0.291 e. The lowest BCUT2D eigenvalue weighted by Gasteiger charge is -2.05. The van der Waals surface area contributed by atoms with Crippen molar-refractivity contribution in [1.29, 1.82) is 0 Å². The third-order valence-electron chi connectivity index (χ3n) is 3.69. The van der Waals surface area contributed by atoms with Crippen molar-refractivity contribution in [1.82, 2.24) is 14.5 Å². The Labute approximate surface area is 155 Å². The Morgan fingerprint density at radius 1 is 1.19 bits per heavy atom. The number of nitrogens with zero attached hydrogens (tertiary/aromatic N) is 3. The van der Waals surface area contributed by atoms with E-state index in [2.05, 4.69) is 27.1 Å². The predicted molar refractivity (Wildman–Crippen MR) is 101 cm³/mol. The fourth-order valence-corrected chi connectivity index (χ4v) is 2.30. The lowest BCUT2D eigenvalue weighted by molar-refractivity contribution is 0.0995. The molecule has 3 rings (SSSR count). The number of hydrogen-bond acceptors (Lipinski definition) is 5. The highest BCUT2D eigenvalue weighted by Gasteiger charge is 2.11. The number of aryl methyl sites for hydroxylation is 1. The molecular weight excluding hydrogens is 344 g/mol. The van der Waals surface area contributed by atoms with Gasteiger partial charge in [-0.1, -0.05) is 17.9 Å². The summed E-state index contributed by atoms with van der Waals surface area (Å²) in [5, 5.41) is 2.77. The number of nitrogens with one attached hydrogen (secondary N) is 1. The minimum atomic E-state index is -0.607. The lowest BCUT2D eigenvalue weighted by atomic mass is 10.1. The molecule has 0 atom stereocenters. The summed E-state index contributed by atoms with van der Waals surface area (Å²) in [6.45, 7) is 0. The second-order valence-electron chi connectivity index (χ2n) is 5.67. The van der Waals surface area contributed by atoms with Crippen LogP contribution in [0.1, 0.15) is 32.1 Å². The number of hydrogen-bond donors (Lipinski definition) is 3. The van der Waals surface area contributed by atoms with Crippen molar-refractivity contribution in [2.45, 2.75) is 0 Å². The largest absolute Gasteiger partial charge is 0.383 e. The number of pyridine rings is 1. The van der Waals surface area contributed by atoms with E-state index in [1.165, 1.54) is 12.3 Å². The third kappa shape index (κ3) is 4.11. The summed E-state index contributed by atoms with van der Waals surface area (Å²) in [5.74, 6) is 5.37. The molecule has 0 saturated heterocycles. The van der Waals surface area contributed by atoms with E-state index in [1.54, 1.807) is 48.3 Å². The average molecular weight is 360 g/mol. The number of rotatable bonds is 3. The Kier molecular flexibility index (Phi) is 4.86. The van der Waals surface area contributed by atoms with E-state index >= 15 is 0 Å². The summed E-state index contributed by atoms with van der Waals surface area (Å²) in [5.41, 5.74) is 12.9. The standard InChI is InChI=1S/C19H16N6O2/c1-25-8-7-22-18(25)19(27)24-15-4-2-3-12(9-15)5-6-13-10-14(17(21)26)11-23-16(13)20/h2-4,7-11H,1H3,(H2,20,23)(H2,21,26)(H,24,27). The number of aromatic nitrogens is 3. The maximum absolute atomic E-state index is 12.2. The zero-order valence-corrected chi connectivity index (χ0v) is 14.4. The van der Waals surface area contributed by atoms with E-state index in [-0.39, 0.29) is 17.3 Å². The number of nitrogens with two attached hydrogens (primary N) is 2. The van der Waals surface area contributed by atoms with Crippen LogP contribution in [0.25, 0.3) is 0 Å². The molecule has 2 amide bonds. The van der Waals surface area contributed by atoms with Crippen molar-refractivity contribution in [2.24, 2.45) is 12.8 Å². The Bertz CT molecular complexity index is 1090. The SMILES string of the molecule is Cn1ccnc1C(=O)Nc1cccc(C#Cc2cc(C(N)=O)cnc2N)c1. The van der Waals surface area contributed by atoms with Gasteiger partial charge in [0, 0.05) is 36.9 Å². The Morgan fingerprint density at radius 3 is 2.70 bits per heavy atom. The maximum Gasteiger partial charge on any atom is 0.291 e. The third-order valence-corrected chi connectivity index (χ3v) is 3.69. The fraction of sp³-hybridized carbons (Fsp3) is 0.0526. The summed E-state index contributed by atoms with van der Waals surface area (Å²) >= 11 is 0. The molecule has 134 valence electrons. The van der Waals surface area contributed by atoms with Crippen LogP contribution in [0.3, 0.4) is 0 Å². The van der Waals surface area contributed by atoms with Gasteiger partial charge in [0.25, 0.3) is 5.91 Å². The van der Waals surface area contributed by atoms with Crippen molar-refractivity contribution >= 4 is 23.3 Å². The first-order valence-electron chi connectivity index (χ1n) is 7.90. The van der Waals surface area contributed by atoms with Gasteiger partial charge in [-0.25, -0.2) is 9.97 Å². The molecule has 0 aliphatic carbocycles. The monoisotopic (exact) mass is 360 g/mol. The van der Waals surface area contributed by atoms with Crippen LogP contribution in [-0.2, 0) is 7.05 Å². The molecule has 0 spiro atoms. The van der Waals surface area contributed by atoms with Crippen molar-refractivity contribution in [3.63, 3.8) is 0 Å². The van der Waals surface area contributed by atoms with Crippen LogP contribution in [0.2, 0.25) is 0 Å². The van der Waals surface area contributed by atoms with Gasteiger partial charge in [-0.05, 0) is 24.3 Å². The highest BCUT2D eigenvalue weighted by Crippen LogP contribution is 2.13. The number of anilines is 2. The van der Waals surface area contributed by atoms with Gasteiger partial charge in [-0.3, -0.25) is 9.59 Å². The average Bonchev–Trinajstić information content (AvgIpc) is 3.07. The van der Waals surface area contributed by atoms with Gasteiger partial charge < -0.3 is 21.4 Å². The van der Waals surface area contributed by atoms with Gasteiger partial charge in [0.2, 0.25) is 5.91 Å². The van der Waals surface area contributed by atoms with Gasteiger partial charge >= 0.3 is 0 Å². The molecule has 3 aromatic rings. The molecule has 0 aliphatic rings. The first-order chi connectivity index (χ1) is 12.9. The first-order valence-corrected chi connectivity index (χ1v) is 7.90. The van der Waals surface area contributed by atoms with Crippen molar-refractivity contribution in [3.8, 4) is 11.8 Å². The highest BCUT2D eigenvalue weighted by atomic mass is 16.2. The second-order valence-corrected chi connectivity index (χ2v) is 5.67. The van der Waals surface area contributed by atoms with E-state index < -0.39 is 5.91 Å². The van der Waals surface area contributed by atoms with Gasteiger partial charge in [0.15, 0.2) is 5.82 Å². The van der Waals surface area contributed by atoms with Crippen molar-refractivity contribution in [3.05, 3.63) is 71.4 Å². The van der Waals surface area contributed by atoms with Gasteiger partial charge in [0.05, 0.1) is 11.1 Å². The quantitative estimate of drug-likeness (QED) is 0.603. The van der Waals surface area contributed by atoms with Gasteiger partial charge in [-0.15, -0.1) is 0 Å². The van der Waals surface area contributed by atoms with Crippen LogP contribution in [0.15, 0.2) is 48.9 Å². The second kappa shape index (κ2) is 7.41. The number of primary amides is 1. The number of amides is 2. The van der Waals surface area contributed by atoms with E-state index in [0.717, 1.165) is 0 Å². The number of nitrogen functional groups attached to an aromatic ring is 1. The van der Waals surface area contributed by atoms with Crippen LogP contribution in [0.5, 0.6) is 0 Å². The Morgan fingerprint density at radius 2 is 2.00 bits per heavy atom.